The molecule has 6 nitrogen and oxygen atoms in total. The summed E-state index contributed by atoms with van der Waals surface area (Å²) >= 11 is 0. The lowest BCUT2D eigenvalue weighted by Crippen LogP contribution is -2.11. The van der Waals surface area contributed by atoms with Crippen molar-refractivity contribution in [2.75, 3.05) is 0 Å². The van der Waals surface area contributed by atoms with Crippen LogP contribution in [0.2, 0.25) is 0 Å². The summed E-state index contributed by atoms with van der Waals surface area (Å²) in [5.41, 5.74) is 11.2. The van der Waals surface area contributed by atoms with Crippen molar-refractivity contribution in [2.45, 2.75) is 26.1 Å². The third-order valence-electron chi connectivity index (χ3n) is 4.71. The Hall–Kier alpha value is -3.51. The van der Waals surface area contributed by atoms with Crippen molar-refractivity contribution in [1.82, 2.24) is 14.5 Å². The number of hydrogen-bond donors (Lipinski definition) is 1. The first-order valence-corrected chi connectivity index (χ1v) is 9.50. The predicted molar refractivity (Wildman–Crippen MR) is 111 cm³/mol. The van der Waals surface area contributed by atoms with Crippen molar-refractivity contribution in [3.8, 4) is 5.69 Å². The summed E-state index contributed by atoms with van der Waals surface area (Å²) in [5.74, 6) is -0.294. The number of imidazole rings is 1. The van der Waals surface area contributed by atoms with Crippen LogP contribution >= 0.6 is 0 Å². The van der Waals surface area contributed by atoms with Gasteiger partial charge >= 0.3 is 0 Å². The number of primary amides is 1. The summed E-state index contributed by atoms with van der Waals surface area (Å²) in [6.45, 7) is 0.988. The van der Waals surface area contributed by atoms with E-state index in [4.69, 9.17) is 10.5 Å². The van der Waals surface area contributed by atoms with Crippen molar-refractivity contribution in [2.24, 2.45) is 5.73 Å². The summed E-state index contributed by atoms with van der Waals surface area (Å²) < 4.78 is 7.85. The molecule has 29 heavy (non-hydrogen) atoms. The zero-order chi connectivity index (χ0) is 20.1. The molecule has 4 aromatic rings. The Bertz CT molecular complexity index is 1120. The van der Waals surface area contributed by atoms with Crippen LogP contribution in [0.25, 0.3) is 16.7 Å². The molecule has 0 saturated carbocycles. The Balaban J connectivity index is 1.48. The molecule has 0 fully saturated rings. The number of nitrogens with zero attached hydrogens (tertiary/aromatic N) is 3. The van der Waals surface area contributed by atoms with E-state index in [9.17, 15) is 4.79 Å². The molecule has 0 radical (unpaired) electrons. The second kappa shape index (κ2) is 8.67. The van der Waals surface area contributed by atoms with Gasteiger partial charge in [-0.3, -0.25) is 14.3 Å². The van der Waals surface area contributed by atoms with Crippen molar-refractivity contribution in [1.29, 1.82) is 0 Å². The van der Waals surface area contributed by atoms with Gasteiger partial charge in [0.15, 0.2) is 0 Å². The van der Waals surface area contributed by atoms with Crippen molar-refractivity contribution in [3.05, 3.63) is 90.0 Å². The largest absolute Gasteiger partial charge is 0.370 e. The molecule has 1 amide bonds. The first kappa shape index (κ1) is 18.8. The Morgan fingerprint density at radius 1 is 0.966 bits per heavy atom. The number of benzene rings is 2. The monoisotopic (exact) mass is 386 g/mol. The van der Waals surface area contributed by atoms with E-state index in [-0.39, 0.29) is 5.91 Å². The Morgan fingerprint density at radius 2 is 1.90 bits per heavy atom. The molecule has 0 spiro atoms. The van der Waals surface area contributed by atoms with Gasteiger partial charge in [0.05, 0.1) is 29.9 Å². The smallest absolute Gasteiger partial charge is 0.217 e. The van der Waals surface area contributed by atoms with Gasteiger partial charge in [-0.05, 0) is 53.9 Å². The molecule has 0 aliphatic rings. The molecule has 0 saturated heterocycles. The predicted octanol–water partition coefficient (Wildman–Crippen LogP) is 3.56. The molecular weight excluding hydrogens is 364 g/mol. The summed E-state index contributed by atoms with van der Waals surface area (Å²) in [7, 11) is 0. The Morgan fingerprint density at radius 3 is 2.72 bits per heavy atom. The second-order valence-electron chi connectivity index (χ2n) is 6.89. The molecule has 146 valence electrons. The van der Waals surface area contributed by atoms with E-state index in [1.807, 2.05) is 60.9 Å². The average molecular weight is 386 g/mol. The lowest BCUT2D eigenvalue weighted by atomic mass is 10.1. The SMILES string of the molecule is NC(=O)CCc1ccc2c(c1)ncn2-c1cccc(COCc2ccccn2)c1. The van der Waals surface area contributed by atoms with E-state index >= 15 is 0 Å². The van der Waals surface area contributed by atoms with E-state index in [2.05, 4.69) is 20.6 Å². The number of ether oxygens (including phenoxy) is 1. The molecule has 6 heteroatoms. The van der Waals surface area contributed by atoms with Gasteiger partial charge in [0.1, 0.15) is 6.33 Å². The number of nitrogens with two attached hydrogens (primary N) is 1. The number of aromatic nitrogens is 3. The van der Waals surface area contributed by atoms with Gasteiger partial charge in [-0.25, -0.2) is 4.98 Å². The van der Waals surface area contributed by atoms with Crippen LogP contribution in [0, 0.1) is 0 Å². The van der Waals surface area contributed by atoms with Gasteiger partial charge < -0.3 is 10.5 Å². The summed E-state index contributed by atoms with van der Waals surface area (Å²) in [6, 6.07) is 20.1. The van der Waals surface area contributed by atoms with Crippen LogP contribution in [-0.4, -0.2) is 20.4 Å². The topological polar surface area (TPSA) is 83.0 Å². The minimum Gasteiger partial charge on any atom is -0.370 e. The van der Waals surface area contributed by atoms with Gasteiger partial charge in [0, 0.05) is 18.3 Å². The van der Waals surface area contributed by atoms with Crippen LogP contribution < -0.4 is 5.73 Å². The van der Waals surface area contributed by atoms with E-state index in [0.29, 0.717) is 26.1 Å². The first-order valence-electron chi connectivity index (χ1n) is 9.50. The standard InChI is InChI=1S/C23H22N4O2/c24-23(28)10-8-17-7-9-22-21(13-17)26-16-27(22)20-6-3-4-18(12-20)14-29-15-19-5-1-2-11-25-19/h1-7,9,11-13,16H,8,10,14-15H2,(H2,24,28). The quantitative estimate of drug-likeness (QED) is 0.502. The molecule has 2 aromatic heterocycles. The van der Waals surface area contributed by atoms with Crippen molar-refractivity contribution in [3.63, 3.8) is 0 Å². The fourth-order valence-electron chi connectivity index (χ4n) is 3.24. The lowest BCUT2D eigenvalue weighted by molar-refractivity contribution is -0.117. The molecule has 0 atom stereocenters. The normalized spacial score (nSPS) is 11.0. The minimum atomic E-state index is -0.294. The van der Waals surface area contributed by atoms with Gasteiger partial charge in [-0.1, -0.05) is 24.3 Å². The van der Waals surface area contributed by atoms with Crippen LogP contribution in [0.4, 0.5) is 0 Å². The van der Waals surface area contributed by atoms with E-state index < -0.39 is 0 Å². The highest BCUT2D eigenvalue weighted by molar-refractivity contribution is 5.79. The second-order valence-corrected chi connectivity index (χ2v) is 6.89. The van der Waals surface area contributed by atoms with Gasteiger partial charge in [-0.2, -0.15) is 0 Å². The van der Waals surface area contributed by atoms with Crippen LogP contribution in [0.5, 0.6) is 0 Å². The summed E-state index contributed by atoms with van der Waals surface area (Å²) in [4.78, 5) is 19.8. The maximum absolute atomic E-state index is 11.0. The highest BCUT2D eigenvalue weighted by atomic mass is 16.5. The fourth-order valence-corrected chi connectivity index (χ4v) is 3.24. The van der Waals surface area contributed by atoms with Gasteiger partial charge in [0.25, 0.3) is 0 Å². The highest BCUT2D eigenvalue weighted by Gasteiger charge is 2.07. The number of fused-ring (bicyclic) bond motifs is 1. The van der Waals surface area contributed by atoms with Crippen molar-refractivity contribution < 1.29 is 9.53 Å². The molecule has 4 rings (SSSR count). The molecule has 0 bridgehead atoms. The third-order valence-corrected chi connectivity index (χ3v) is 4.71. The van der Waals surface area contributed by atoms with E-state index in [1.54, 1.807) is 6.20 Å². The number of rotatable bonds is 8. The zero-order valence-electron chi connectivity index (χ0n) is 16.0. The number of aryl methyl sites for hydroxylation is 1. The zero-order valence-corrected chi connectivity index (χ0v) is 16.0. The third kappa shape index (κ3) is 4.67. The number of carbonyl (C=O) groups excluding carboxylic acids is 1. The molecule has 0 aliphatic carbocycles. The summed E-state index contributed by atoms with van der Waals surface area (Å²) in [6.07, 6.45) is 4.55. The summed E-state index contributed by atoms with van der Waals surface area (Å²) in [5, 5.41) is 0. The van der Waals surface area contributed by atoms with Crippen molar-refractivity contribution >= 4 is 16.9 Å². The van der Waals surface area contributed by atoms with Gasteiger partial charge in [-0.15, -0.1) is 0 Å². The number of hydrogen-bond acceptors (Lipinski definition) is 4. The molecule has 0 aliphatic heterocycles. The van der Waals surface area contributed by atoms with E-state index in [1.165, 1.54) is 0 Å². The molecule has 0 unspecified atom stereocenters. The average Bonchev–Trinajstić information content (AvgIpc) is 3.16. The fraction of sp³-hybridized carbons (Fsp3) is 0.174. The Labute approximate surface area is 169 Å². The molecule has 2 heterocycles. The van der Waals surface area contributed by atoms with Crippen LogP contribution in [-0.2, 0) is 29.2 Å². The minimum absolute atomic E-state index is 0.294. The Kier molecular flexibility index (Phi) is 5.63. The molecular formula is C23H22N4O2. The highest BCUT2D eigenvalue weighted by Crippen LogP contribution is 2.21. The first-order chi connectivity index (χ1) is 14.2. The maximum atomic E-state index is 11.0. The van der Waals surface area contributed by atoms with Crippen LogP contribution in [0.3, 0.4) is 0 Å². The lowest BCUT2D eigenvalue weighted by Gasteiger charge is -2.09. The molecule has 2 N–H and O–H groups in total. The number of carbonyl (C=O) groups is 1. The molecule has 2 aromatic carbocycles. The number of pyridine rings is 1. The maximum Gasteiger partial charge on any atom is 0.217 e. The number of amides is 1. The van der Waals surface area contributed by atoms with E-state index in [0.717, 1.165) is 33.5 Å². The van der Waals surface area contributed by atoms with Crippen LogP contribution in [0.1, 0.15) is 23.2 Å². The van der Waals surface area contributed by atoms with Gasteiger partial charge in [0.2, 0.25) is 5.91 Å². The van der Waals surface area contributed by atoms with Crippen LogP contribution in [0.15, 0.2) is 73.2 Å².